The van der Waals surface area contributed by atoms with Gasteiger partial charge in [-0.1, -0.05) is 20.8 Å². The van der Waals surface area contributed by atoms with E-state index in [9.17, 15) is 13.2 Å². The van der Waals surface area contributed by atoms with Gasteiger partial charge in [-0.3, -0.25) is 0 Å². The molecule has 1 atom stereocenters. The highest BCUT2D eigenvalue weighted by atomic mass is 19.4. The molecule has 2 nitrogen and oxygen atoms in total. The Labute approximate surface area is 74.8 Å². The first kappa shape index (κ1) is 10.3. The third kappa shape index (κ3) is 2.35. The van der Waals surface area contributed by atoms with Crippen molar-refractivity contribution in [3.63, 3.8) is 0 Å². The van der Waals surface area contributed by atoms with Crippen LogP contribution in [0.15, 0.2) is 4.99 Å². The molecule has 0 aromatic heterocycles. The minimum atomic E-state index is -4.28. The molecule has 0 saturated heterocycles. The molecule has 0 bridgehead atoms. The van der Waals surface area contributed by atoms with Crippen LogP contribution in [0.1, 0.15) is 20.8 Å². The van der Waals surface area contributed by atoms with Gasteiger partial charge in [-0.25, -0.2) is 4.99 Å². The molecule has 0 N–H and O–H groups in total. The lowest BCUT2D eigenvalue weighted by Gasteiger charge is -2.16. The molecule has 0 radical (unpaired) electrons. The molecule has 0 fully saturated rings. The average molecular weight is 195 g/mol. The highest BCUT2D eigenvalue weighted by molar-refractivity contribution is 5.82. The molecule has 1 aliphatic heterocycles. The molecular weight excluding hydrogens is 183 g/mol. The van der Waals surface area contributed by atoms with E-state index in [1.807, 2.05) is 0 Å². The largest absolute Gasteiger partial charge is 0.478 e. The van der Waals surface area contributed by atoms with Gasteiger partial charge >= 0.3 is 6.18 Å². The Morgan fingerprint density at radius 3 is 2.08 bits per heavy atom. The van der Waals surface area contributed by atoms with Crippen LogP contribution in [0.3, 0.4) is 0 Å². The molecule has 13 heavy (non-hydrogen) atoms. The summed E-state index contributed by atoms with van der Waals surface area (Å²) < 4.78 is 41.3. The van der Waals surface area contributed by atoms with Crippen LogP contribution in [-0.2, 0) is 4.74 Å². The zero-order valence-corrected chi connectivity index (χ0v) is 7.77. The van der Waals surface area contributed by atoms with Crippen LogP contribution < -0.4 is 0 Å². The molecule has 0 saturated carbocycles. The van der Waals surface area contributed by atoms with E-state index in [1.165, 1.54) is 0 Å². The first-order valence-electron chi connectivity index (χ1n) is 3.99. The highest BCUT2D eigenvalue weighted by Crippen LogP contribution is 2.30. The Kier molecular flexibility index (Phi) is 2.30. The van der Waals surface area contributed by atoms with Gasteiger partial charge in [0.25, 0.3) is 0 Å². The zero-order chi connectivity index (χ0) is 10.3. The summed E-state index contributed by atoms with van der Waals surface area (Å²) >= 11 is 0. The topological polar surface area (TPSA) is 21.6 Å². The van der Waals surface area contributed by atoms with Gasteiger partial charge in [0.1, 0.15) is 6.61 Å². The lowest BCUT2D eigenvalue weighted by atomic mass is 9.97. The Balaban J connectivity index is 2.76. The standard InChI is InChI=1S/C8H12F3NO/c1-7(2,3)6-12-5(4-13-6)8(9,10)11/h5H,4H2,1-3H3/t5-/m0/s1. The van der Waals surface area contributed by atoms with Gasteiger partial charge in [-0.2, -0.15) is 13.2 Å². The molecule has 0 spiro atoms. The highest BCUT2D eigenvalue weighted by Gasteiger charge is 2.45. The summed E-state index contributed by atoms with van der Waals surface area (Å²) in [6.07, 6.45) is -4.28. The maximum atomic E-state index is 12.1. The first-order valence-corrected chi connectivity index (χ1v) is 3.99. The number of ether oxygens (including phenoxy) is 1. The molecule has 76 valence electrons. The first-order chi connectivity index (χ1) is 5.71. The summed E-state index contributed by atoms with van der Waals surface area (Å²) in [6, 6.07) is -1.68. The Bertz CT molecular complexity index is 227. The maximum Gasteiger partial charge on any atom is 0.414 e. The minimum Gasteiger partial charge on any atom is -0.478 e. The summed E-state index contributed by atoms with van der Waals surface area (Å²) in [4.78, 5) is 3.50. The van der Waals surface area contributed by atoms with Crippen molar-refractivity contribution in [3.8, 4) is 0 Å². The van der Waals surface area contributed by atoms with Crippen molar-refractivity contribution in [2.75, 3.05) is 6.61 Å². The van der Waals surface area contributed by atoms with Crippen LogP contribution in [0.2, 0.25) is 0 Å². The van der Waals surface area contributed by atoms with Gasteiger partial charge in [0, 0.05) is 5.41 Å². The van der Waals surface area contributed by atoms with Crippen molar-refractivity contribution in [3.05, 3.63) is 0 Å². The van der Waals surface area contributed by atoms with Gasteiger partial charge in [0.2, 0.25) is 0 Å². The van der Waals surface area contributed by atoms with E-state index in [1.54, 1.807) is 20.8 Å². The number of nitrogens with zero attached hydrogens (tertiary/aromatic N) is 1. The van der Waals surface area contributed by atoms with Crippen LogP contribution in [0.4, 0.5) is 13.2 Å². The van der Waals surface area contributed by atoms with E-state index in [0.717, 1.165) is 0 Å². The monoisotopic (exact) mass is 195 g/mol. The number of hydrogen-bond donors (Lipinski definition) is 0. The van der Waals surface area contributed by atoms with E-state index >= 15 is 0 Å². The Morgan fingerprint density at radius 1 is 1.31 bits per heavy atom. The third-order valence-electron chi connectivity index (χ3n) is 1.67. The number of alkyl halides is 3. The van der Waals surface area contributed by atoms with E-state index in [-0.39, 0.29) is 12.5 Å². The van der Waals surface area contributed by atoms with Crippen LogP contribution in [-0.4, -0.2) is 24.7 Å². The number of rotatable bonds is 0. The number of halogens is 3. The zero-order valence-electron chi connectivity index (χ0n) is 7.77. The van der Waals surface area contributed by atoms with Crippen LogP contribution in [0, 0.1) is 5.41 Å². The fraction of sp³-hybridized carbons (Fsp3) is 0.875. The van der Waals surface area contributed by atoms with E-state index in [4.69, 9.17) is 4.74 Å². The number of hydrogen-bond acceptors (Lipinski definition) is 2. The van der Waals surface area contributed by atoms with Crippen molar-refractivity contribution in [2.45, 2.75) is 33.0 Å². The summed E-state index contributed by atoms with van der Waals surface area (Å²) in [6.45, 7) is 4.93. The van der Waals surface area contributed by atoms with Crippen molar-refractivity contribution in [1.82, 2.24) is 0 Å². The van der Waals surface area contributed by atoms with Gasteiger partial charge in [0.15, 0.2) is 11.9 Å². The summed E-state index contributed by atoms with van der Waals surface area (Å²) in [5.74, 6) is 0.190. The molecule has 1 aliphatic rings. The molecule has 1 rings (SSSR count). The summed E-state index contributed by atoms with van der Waals surface area (Å²) in [7, 11) is 0. The van der Waals surface area contributed by atoms with Crippen LogP contribution >= 0.6 is 0 Å². The van der Waals surface area contributed by atoms with E-state index in [0.29, 0.717) is 0 Å². The third-order valence-corrected chi connectivity index (χ3v) is 1.67. The second-order valence-electron chi connectivity index (χ2n) is 4.05. The quantitative estimate of drug-likeness (QED) is 0.581. The van der Waals surface area contributed by atoms with Crippen molar-refractivity contribution < 1.29 is 17.9 Å². The number of aliphatic imine (C=N–C) groups is 1. The predicted molar refractivity (Wildman–Crippen MR) is 42.7 cm³/mol. The molecule has 0 aromatic rings. The summed E-state index contributed by atoms with van der Waals surface area (Å²) in [5.41, 5.74) is -0.444. The normalized spacial score (nSPS) is 24.2. The van der Waals surface area contributed by atoms with Gasteiger partial charge in [-0.15, -0.1) is 0 Å². The summed E-state index contributed by atoms with van der Waals surface area (Å²) in [5, 5.41) is 0. The molecule has 0 amide bonds. The van der Waals surface area contributed by atoms with Gasteiger partial charge in [-0.05, 0) is 0 Å². The fourth-order valence-corrected chi connectivity index (χ4v) is 0.952. The lowest BCUT2D eigenvalue weighted by Crippen LogP contribution is -2.27. The smallest absolute Gasteiger partial charge is 0.414 e. The molecule has 0 aromatic carbocycles. The maximum absolute atomic E-state index is 12.1. The van der Waals surface area contributed by atoms with E-state index < -0.39 is 17.6 Å². The van der Waals surface area contributed by atoms with Gasteiger partial charge in [0.05, 0.1) is 0 Å². The second kappa shape index (κ2) is 2.89. The predicted octanol–water partition coefficient (Wildman–Crippen LogP) is 2.39. The van der Waals surface area contributed by atoms with Gasteiger partial charge < -0.3 is 4.74 Å². The van der Waals surface area contributed by atoms with Crippen LogP contribution in [0.25, 0.3) is 0 Å². The van der Waals surface area contributed by atoms with Crippen molar-refractivity contribution in [2.24, 2.45) is 10.4 Å². The van der Waals surface area contributed by atoms with Crippen molar-refractivity contribution in [1.29, 1.82) is 0 Å². The second-order valence-corrected chi connectivity index (χ2v) is 4.05. The minimum absolute atomic E-state index is 0.190. The van der Waals surface area contributed by atoms with E-state index in [2.05, 4.69) is 4.99 Å². The molecule has 1 heterocycles. The molecule has 0 unspecified atom stereocenters. The average Bonchev–Trinajstić information content (AvgIpc) is 2.28. The lowest BCUT2D eigenvalue weighted by molar-refractivity contribution is -0.149. The Morgan fingerprint density at radius 2 is 1.85 bits per heavy atom. The molecule has 0 aliphatic carbocycles. The van der Waals surface area contributed by atoms with Crippen molar-refractivity contribution >= 4 is 5.90 Å². The molecular formula is C8H12F3NO. The molecule has 5 heteroatoms. The fourth-order valence-electron chi connectivity index (χ4n) is 0.952. The SMILES string of the molecule is CC(C)(C)C1=N[C@H](C(F)(F)F)CO1. The Hall–Kier alpha value is -0.740. The van der Waals surface area contributed by atoms with Crippen LogP contribution in [0.5, 0.6) is 0 Å².